The first-order chi connectivity index (χ1) is 12.3. The summed E-state index contributed by atoms with van der Waals surface area (Å²) in [6, 6.07) is 10.6. The minimum Gasteiger partial charge on any atom is -0.444 e. The molecule has 1 aromatic carbocycles. The van der Waals surface area contributed by atoms with E-state index in [1.807, 2.05) is 43.9 Å². The SMILES string of the molecule is CC(C)(C)OC(=O)N1CC[C@H](CN(C(O)Cc2ccccc2)C2CC2)C1. The second-order valence-electron chi connectivity index (χ2n) is 8.68. The zero-order valence-corrected chi connectivity index (χ0v) is 16.2. The van der Waals surface area contributed by atoms with E-state index in [4.69, 9.17) is 4.74 Å². The van der Waals surface area contributed by atoms with Crippen LogP contribution in [0.3, 0.4) is 0 Å². The first kappa shape index (κ1) is 19.2. The van der Waals surface area contributed by atoms with Crippen LogP contribution in [0.25, 0.3) is 0 Å². The fourth-order valence-electron chi connectivity index (χ4n) is 3.63. The lowest BCUT2D eigenvalue weighted by Crippen LogP contribution is -2.42. The van der Waals surface area contributed by atoms with Gasteiger partial charge in [-0.05, 0) is 51.5 Å². The molecule has 1 unspecified atom stereocenters. The Labute approximate surface area is 156 Å². The van der Waals surface area contributed by atoms with Gasteiger partial charge in [-0.2, -0.15) is 0 Å². The fraction of sp³-hybridized carbons (Fsp3) is 0.667. The third-order valence-electron chi connectivity index (χ3n) is 5.07. The Bertz CT molecular complexity index is 595. The quantitative estimate of drug-likeness (QED) is 0.791. The molecular formula is C21H32N2O3. The van der Waals surface area contributed by atoms with E-state index in [1.54, 1.807) is 0 Å². The van der Waals surface area contributed by atoms with Gasteiger partial charge in [-0.25, -0.2) is 4.79 Å². The van der Waals surface area contributed by atoms with E-state index in [0.29, 0.717) is 18.4 Å². The second-order valence-corrected chi connectivity index (χ2v) is 8.68. The van der Waals surface area contributed by atoms with Gasteiger partial charge in [0, 0.05) is 32.1 Å². The Morgan fingerprint density at radius 3 is 2.58 bits per heavy atom. The maximum Gasteiger partial charge on any atom is 0.410 e. The van der Waals surface area contributed by atoms with Gasteiger partial charge < -0.3 is 14.7 Å². The zero-order chi connectivity index (χ0) is 18.7. The molecule has 2 fully saturated rings. The Hall–Kier alpha value is -1.59. The van der Waals surface area contributed by atoms with Crippen LogP contribution in [0.15, 0.2) is 30.3 Å². The van der Waals surface area contributed by atoms with E-state index in [-0.39, 0.29) is 6.09 Å². The number of aliphatic hydroxyl groups is 1. The Balaban J connectivity index is 1.53. The number of nitrogens with zero attached hydrogens (tertiary/aromatic N) is 2. The number of carbonyl (C=O) groups is 1. The lowest BCUT2D eigenvalue weighted by molar-refractivity contribution is -0.0113. The monoisotopic (exact) mass is 360 g/mol. The smallest absolute Gasteiger partial charge is 0.410 e. The number of hydrogen-bond acceptors (Lipinski definition) is 4. The van der Waals surface area contributed by atoms with Crippen molar-refractivity contribution in [3.05, 3.63) is 35.9 Å². The minimum atomic E-state index is -0.458. The van der Waals surface area contributed by atoms with Crippen molar-refractivity contribution in [3.63, 3.8) is 0 Å². The maximum absolute atomic E-state index is 12.3. The van der Waals surface area contributed by atoms with Crippen LogP contribution in [0.5, 0.6) is 0 Å². The van der Waals surface area contributed by atoms with Crippen molar-refractivity contribution in [2.24, 2.45) is 5.92 Å². The predicted molar refractivity (Wildman–Crippen MR) is 102 cm³/mol. The van der Waals surface area contributed by atoms with E-state index in [2.05, 4.69) is 17.0 Å². The van der Waals surface area contributed by atoms with E-state index in [1.165, 1.54) is 0 Å². The first-order valence-electron chi connectivity index (χ1n) is 9.77. The van der Waals surface area contributed by atoms with Crippen molar-refractivity contribution in [2.75, 3.05) is 19.6 Å². The summed E-state index contributed by atoms with van der Waals surface area (Å²) in [7, 11) is 0. The molecule has 1 amide bonds. The van der Waals surface area contributed by atoms with Crippen molar-refractivity contribution < 1.29 is 14.6 Å². The molecule has 3 rings (SSSR count). The highest BCUT2D eigenvalue weighted by Crippen LogP contribution is 2.31. The molecule has 1 aliphatic carbocycles. The second kappa shape index (κ2) is 7.97. The first-order valence-corrected chi connectivity index (χ1v) is 9.77. The molecule has 0 aromatic heterocycles. The predicted octanol–water partition coefficient (Wildman–Crippen LogP) is 3.27. The third kappa shape index (κ3) is 5.45. The van der Waals surface area contributed by atoms with Crippen LogP contribution in [0.2, 0.25) is 0 Å². The Morgan fingerprint density at radius 1 is 1.27 bits per heavy atom. The number of amides is 1. The van der Waals surface area contributed by atoms with Gasteiger partial charge in [-0.15, -0.1) is 0 Å². The van der Waals surface area contributed by atoms with Gasteiger partial charge in [0.15, 0.2) is 0 Å². The number of carbonyl (C=O) groups excluding carboxylic acids is 1. The molecule has 1 aromatic rings. The zero-order valence-electron chi connectivity index (χ0n) is 16.2. The van der Waals surface area contributed by atoms with Crippen molar-refractivity contribution in [1.82, 2.24) is 9.80 Å². The standard InChI is InChI=1S/C21H32N2O3/c1-21(2,3)26-20(25)22-12-11-17(14-22)15-23(18-9-10-18)19(24)13-16-7-5-4-6-8-16/h4-8,17-19,24H,9-15H2,1-3H3/t17-,19?/m0/s1. The molecule has 1 aliphatic heterocycles. The molecule has 1 heterocycles. The van der Waals surface area contributed by atoms with E-state index < -0.39 is 11.8 Å². The molecule has 144 valence electrons. The van der Waals surface area contributed by atoms with Crippen LogP contribution in [-0.2, 0) is 11.2 Å². The summed E-state index contributed by atoms with van der Waals surface area (Å²) in [4.78, 5) is 16.3. The summed E-state index contributed by atoms with van der Waals surface area (Å²) in [5.74, 6) is 0.397. The molecule has 2 atom stereocenters. The van der Waals surface area contributed by atoms with Crippen molar-refractivity contribution >= 4 is 6.09 Å². The lowest BCUT2D eigenvalue weighted by Gasteiger charge is -2.30. The van der Waals surface area contributed by atoms with Gasteiger partial charge in [-0.3, -0.25) is 4.90 Å². The number of hydrogen-bond donors (Lipinski definition) is 1. The van der Waals surface area contributed by atoms with E-state index >= 15 is 0 Å². The summed E-state index contributed by atoms with van der Waals surface area (Å²) in [5, 5.41) is 10.8. The van der Waals surface area contributed by atoms with E-state index in [9.17, 15) is 9.90 Å². The molecular weight excluding hydrogens is 328 g/mol. The van der Waals surface area contributed by atoms with Crippen molar-refractivity contribution in [3.8, 4) is 0 Å². The summed E-state index contributed by atoms with van der Waals surface area (Å²) in [5.41, 5.74) is 0.702. The van der Waals surface area contributed by atoms with Gasteiger partial charge in [0.05, 0.1) is 0 Å². The summed E-state index contributed by atoms with van der Waals surface area (Å²) in [6.07, 6.45) is 3.27. The molecule has 5 nitrogen and oxygen atoms in total. The Morgan fingerprint density at radius 2 is 1.96 bits per heavy atom. The topological polar surface area (TPSA) is 53.0 Å². The molecule has 0 spiro atoms. The fourth-order valence-corrected chi connectivity index (χ4v) is 3.63. The third-order valence-corrected chi connectivity index (χ3v) is 5.07. The minimum absolute atomic E-state index is 0.220. The molecule has 0 bridgehead atoms. The molecule has 1 saturated carbocycles. The van der Waals surface area contributed by atoms with Gasteiger partial charge in [0.25, 0.3) is 0 Å². The number of likely N-dealkylation sites (tertiary alicyclic amines) is 1. The number of aliphatic hydroxyl groups excluding tert-OH is 1. The largest absolute Gasteiger partial charge is 0.444 e. The van der Waals surface area contributed by atoms with Crippen molar-refractivity contribution in [2.45, 2.75) is 64.3 Å². The molecule has 2 aliphatic rings. The van der Waals surface area contributed by atoms with Gasteiger partial charge in [0.1, 0.15) is 11.8 Å². The molecule has 0 radical (unpaired) electrons. The highest BCUT2D eigenvalue weighted by atomic mass is 16.6. The van der Waals surface area contributed by atoms with Gasteiger partial charge >= 0.3 is 6.09 Å². The van der Waals surface area contributed by atoms with Crippen LogP contribution < -0.4 is 0 Å². The number of ether oxygens (including phenoxy) is 1. The highest BCUT2D eigenvalue weighted by Gasteiger charge is 2.37. The number of rotatable bonds is 6. The summed E-state index contributed by atoms with van der Waals surface area (Å²) < 4.78 is 5.49. The van der Waals surface area contributed by atoms with Crippen LogP contribution >= 0.6 is 0 Å². The lowest BCUT2D eigenvalue weighted by atomic mass is 10.1. The van der Waals surface area contributed by atoms with E-state index in [0.717, 1.165) is 44.5 Å². The molecule has 5 heteroatoms. The van der Waals surface area contributed by atoms with Gasteiger partial charge in [0.2, 0.25) is 0 Å². The molecule has 1 N–H and O–H groups in total. The summed E-state index contributed by atoms with van der Waals surface area (Å²) >= 11 is 0. The van der Waals surface area contributed by atoms with Gasteiger partial charge in [-0.1, -0.05) is 30.3 Å². The van der Waals surface area contributed by atoms with Crippen molar-refractivity contribution in [1.29, 1.82) is 0 Å². The maximum atomic E-state index is 12.3. The number of benzene rings is 1. The molecule has 1 saturated heterocycles. The van der Waals surface area contributed by atoms with Crippen LogP contribution in [0.4, 0.5) is 4.79 Å². The average molecular weight is 360 g/mol. The molecule has 26 heavy (non-hydrogen) atoms. The Kier molecular flexibility index (Phi) is 5.88. The average Bonchev–Trinajstić information content (AvgIpc) is 3.29. The van der Waals surface area contributed by atoms with Crippen LogP contribution in [-0.4, -0.2) is 58.5 Å². The highest BCUT2D eigenvalue weighted by molar-refractivity contribution is 5.68. The summed E-state index contributed by atoms with van der Waals surface area (Å²) in [6.45, 7) is 7.99. The normalized spacial score (nSPS) is 21.9. The van der Waals surface area contributed by atoms with Crippen LogP contribution in [0.1, 0.15) is 45.6 Å². The van der Waals surface area contributed by atoms with Crippen LogP contribution in [0, 0.1) is 5.92 Å².